The zero-order valence-electron chi connectivity index (χ0n) is 6.34. The number of aliphatic hydroxyl groups excluding tert-OH is 1. The van der Waals surface area contributed by atoms with Crippen molar-refractivity contribution in [2.24, 2.45) is 0 Å². The maximum Gasteiger partial charge on any atom is 0.0813 e. The molecule has 0 bridgehead atoms. The first-order chi connectivity index (χ1) is 4.72. The summed E-state index contributed by atoms with van der Waals surface area (Å²) in [4.78, 5) is 0. The number of ether oxygens (including phenoxy) is 1. The molecule has 1 saturated heterocycles. The molecular weight excluding hydrogens is 128 g/mol. The summed E-state index contributed by atoms with van der Waals surface area (Å²) in [6.07, 6.45) is 4.27. The Bertz CT molecular complexity index is 140. The van der Waals surface area contributed by atoms with Gasteiger partial charge in [0.15, 0.2) is 0 Å². The first-order valence-electron chi connectivity index (χ1n) is 4.08. The Morgan fingerprint density at radius 2 is 2.10 bits per heavy atom. The van der Waals surface area contributed by atoms with Crippen molar-refractivity contribution in [2.45, 2.75) is 50.4 Å². The zero-order chi connectivity index (χ0) is 7.19. The third-order valence-electron chi connectivity index (χ3n) is 2.68. The van der Waals surface area contributed by atoms with E-state index in [0.29, 0.717) is 0 Å². The van der Waals surface area contributed by atoms with Gasteiger partial charge in [-0.2, -0.15) is 0 Å². The van der Waals surface area contributed by atoms with Gasteiger partial charge in [-0.05, 0) is 32.6 Å². The van der Waals surface area contributed by atoms with Gasteiger partial charge in [0.1, 0.15) is 0 Å². The Morgan fingerprint density at radius 1 is 1.40 bits per heavy atom. The van der Waals surface area contributed by atoms with Crippen LogP contribution in [0.2, 0.25) is 0 Å². The van der Waals surface area contributed by atoms with Crippen LogP contribution < -0.4 is 0 Å². The minimum Gasteiger partial charge on any atom is -0.390 e. The Balaban J connectivity index is 1.98. The van der Waals surface area contributed by atoms with Gasteiger partial charge in [-0.3, -0.25) is 0 Å². The topological polar surface area (TPSA) is 29.5 Å². The van der Waals surface area contributed by atoms with E-state index >= 15 is 0 Å². The molecule has 1 N–H and O–H groups in total. The van der Waals surface area contributed by atoms with Crippen molar-refractivity contribution < 1.29 is 9.84 Å². The monoisotopic (exact) mass is 142 g/mol. The molecule has 2 heteroatoms. The molecular formula is C8H14O2. The lowest BCUT2D eigenvalue weighted by Crippen LogP contribution is -2.37. The smallest absolute Gasteiger partial charge is 0.0813 e. The molecule has 2 rings (SSSR count). The quantitative estimate of drug-likeness (QED) is 0.548. The van der Waals surface area contributed by atoms with E-state index in [-0.39, 0.29) is 17.8 Å². The number of rotatable bonds is 0. The summed E-state index contributed by atoms with van der Waals surface area (Å²) < 4.78 is 5.65. The molecule has 0 amide bonds. The summed E-state index contributed by atoms with van der Waals surface area (Å²) in [6, 6.07) is 0. The van der Waals surface area contributed by atoms with Crippen LogP contribution in [-0.2, 0) is 4.74 Å². The van der Waals surface area contributed by atoms with Crippen LogP contribution >= 0.6 is 0 Å². The van der Waals surface area contributed by atoms with Crippen molar-refractivity contribution in [1.82, 2.24) is 0 Å². The lowest BCUT2D eigenvalue weighted by atomic mass is 10.0. The van der Waals surface area contributed by atoms with Crippen LogP contribution in [0.25, 0.3) is 0 Å². The normalized spacial score (nSPS) is 43.8. The molecule has 2 atom stereocenters. The highest BCUT2D eigenvalue weighted by Crippen LogP contribution is 2.47. The molecule has 2 fully saturated rings. The minimum atomic E-state index is -0.216. The predicted octanol–water partition coefficient (Wildman–Crippen LogP) is 1.08. The maximum atomic E-state index is 9.31. The van der Waals surface area contributed by atoms with Gasteiger partial charge in [-0.1, -0.05) is 0 Å². The Kier molecular flexibility index (Phi) is 1.29. The van der Waals surface area contributed by atoms with Crippen LogP contribution in [0.1, 0.15) is 32.6 Å². The van der Waals surface area contributed by atoms with Crippen LogP contribution in [0.15, 0.2) is 0 Å². The van der Waals surface area contributed by atoms with Gasteiger partial charge in [0, 0.05) is 0 Å². The van der Waals surface area contributed by atoms with E-state index in [2.05, 4.69) is 0 Å². The van der Waals surface area contributed by atoms with Gasteiger partial charge in [0.25, 0.3) is 0 Å². The van der Waals surface area contributed by atoms with Crippen LogP contribution in [0.4, 0.5) is 0 Å². The molecule has 0 unspecified atom stereocenters. The van der Waals surface area contributed by atoms with Crippen LogP contribution in [0, 0.1) is 0 Å². The summed E-state index contributed by atoms with van der Waals surface area (Å²) in [5, 5.41) is 9.31. The summed E-state index contributed by atoms with van der Waals surface area (Å²) in [5.74, 6) is 0. The van der Waals surface area contributed by atoms with Gasteiger partial charge in [0.2, 0.25) is 0 Å². The van der Waals surface area contributed by atoms with Crippen molar-refractivity contribution in [1.29, 1.82) is 0 Å². The second-order valence-electron chi connectivity index (χ2n) is 3.61. The van der Waals surface area contributed by atoms with Crippen molar-refractivity contribution >= 4 is 0 Å². The third kappa shape index (κ3) is 0.956. The molecule has 1 heterocycles. The largest absolute Gasteiger partial charge is 0.390 e. The average Bonchev–Trinajstić information content (AvgIpc) is 2.62. The molecule has 1 spiro atoms. The number of hydrogen-bond donors (Lipinski definition) is 1. The molecule has 0 aromatic carbocycles. The molecule has 0 aromatic heterocycles. The average molecular weight is 142 g/mol. The Labute approximate surface area is 61.2 Å². The molecule has 1 saturated carbocycles. The van der Waals surface area contributed by atoms with Gasteiger partial charge in [0.05, 0.1) is 17.8 Å². The molecule has 0 radical (unpaired) electrons. The maximum absolute atomic E-state index is 9.31. The second-order valence-corrected chi connectivity index (χ2v) is 3.61. The molecule has 1 aliphatic heterocycles. The van der Waals surface area contributed by atoms with E-state index in [1.54, 1.807) is 0 Å². The van der Waals surface area contributed by atoms with E-state index in [9.17, 15) is 5.11 Å². The summed E-state index contributed by atoms with van der Waals surface area (Å²) in [7, 11) is 0. The minimum absolute atomic E-state index is 0.0660. The van der Waals surface area contributed by atoms with Crippen LogP contribution in [0.5, 0.6) is 0 Å². The van der Waals surface area contributed by atoms with Crippen molar-refractivity contribution in [2.75, 3.05) is 0 Å². The SMILES string of the molecule is C[C@@H]1OC2(CC[C@@H]1O)CC2. The van der Waals surface area contributed by atoms with Crippen molar-refractivity contribution in [3.05, 3.63) is 0 Å². The molecule has 0 aromatic rings. The van der Waals surface area contributed by atoms with Gasteiger partial charge < -0.3 is 9.84 Å². The third-order valence-corrected chi connectivity index (χ3v) is 2.68. The van der Waals surface area contributed by atoms with Crippen LogP contribution in [-0.4, -0.2) is 22.9 Å². The lowest BCUT2D eigenvalue weighted by Gasteiger charge is -2.31. The molecule has 10 heavy (non-hydrogen) atoms. The molecule has 2 aliphatic rings. The van der Waals surface area contributed by atoms with E-state index in [1.165, 1.54) is 12.8 Å². The van der Waals surface area contributed by atoms with Gasteiger partial charge in [-0.25, -0.2) is 0 Å². The fraction of sp³-hybridized carbons (Fsp3) is 1.00. The lowest BCUT2D eigenvalue weighted by molar-refractivity contribution is -0.121. The summed E-state index contributed by atoms with van der Waals surface area (Å²) >= 11 is 0. The summed E-state index contributed by atoms with van der Waals surface area (Å²) in [6.45, 7) is 1.96. The highest BCUT2D eigenvalue weighted by molar-refractivity contribution is 4.99. The van der Waals surface area contributed by atoms with E-state index in [1.807, 2.05) is 6.92 Å². The fourth-order valence-corrected chi connectivity index (χ4v) is 1.68. The van der Waals surface area contributed by atoms with E-state index in [4.69, 9.17) is 4.74 Å². The molecule has 1 aliphatic carbocycles. The zero-order valence-corrected chi connectivity index (χ0v) is 6.34. The van der Waals surface area contributed by atoms with E-state index < -0.39 is 0 Å². The Morgan fingerprint density at radius 3 is 2.60 bits per heavy atom. The molecule has 2 nitrogen and oxygen atoms in total. The van der Waals surface area contributed by atoms with Crippen LogP contribution in [0.3, 0.4) is 0 Å². The van der Waals surface area contributed by atoms with Crippen molar-refractivity contribution in [3.8, 4) is 0 Å². The first kappa shape index (κ1) is 6.62. The fourth-order valence-electron chi connectivity index (χ4n) is 1.68. The number of hydrogen-bond acceptors (Lipinski definition) is 2. The highest BCUT2D eigenvalue weighted by Gasteiger charge is 2.48. The van der Waals surface area contributed by atoms with Gasteiger partial charge >= 0.3 is 0 Å². The molecule has 58 valence electrons. The van der Waals surface area contributed by atoms with E-state index in [0.717, 1.165) is 12.8 Å². The van der Waals surface area contributed by atoms with Gasteiger partial charge in [-0.15, -0.1) is 0 Å². The standard InChI is InChI=1S/C8H14O2/c1-6-7(9)2-3-8(10-6)4-5-8/h6-7,9H,2-5H2,1H3/t6-,7-/m0/s1. The Hall–Kier alpha value is -0.0800. The van der Waals surface area contributed by atoms with Crippen molar-refractivity contribution in [3.63, 3.8) is 0 Å². The first-order valence-corrected chi connectivity index (χ1v) is 4.08. The number of aliphatic hydroxyl groups is 1. The predicted molar refractivity (Wildman–Crippen MR) is 37.8 cm³/mol. The summed E-state index contributed by atoms with van der Waals surface area (Å²) in [5.41, 5.74) is 0.221. The second kappa shape index (κ2) is 1.95. The highest BCUT2D eigenvalue weighted by atomic mass is 16.5.